The van der Waals surface area contributed by atoms with Crippen LogP contribution in [0, 0.1) is 0 Å². The molecule has 1 aliphatic heterocycles. The Balaban J connectivity index is 2.58. The molecule has 0 saturated carbocycles. The van der Waals surface area contributed by atoms with Crippen LogP contribution in [0.3, 0.4) is 0 Å². The maximum atomic E-state index is 11.4. The third kappa shape index (κ3) is 2.90. The normalized spacial score (nSPS) is 29.8. The van der Waals surface area contributed by atoms with Crippen molar-refractivity contribution in [2.45, 2.75) is 30.0 Å². The molecular weight excluding hydrogens is 258 g/mol. The van der Waals surface area contributed by atoms with Gasteiger partial charge in [0, 0.05) is 0 Å². The van der Waals surface area contributed by atoms with Gasteiger partial charge in [-0.1, -0.05) is 15.9 Å². The second kappa shape index (κ2) is 4.25. The average Bonchev–Trinajstić information content (AvgIpc) is 2.35. The van der Waals surface area contributed by atoms with Gasteiger partial charge in [0.05, 0.1) is 29.3 Å². The Morgan fingerprint density at radius 3 is 2.46 bits per heavy atom. The third-order valence-corrected chi connectivity index (χ3v) is 4.72. The number of halogens is 1. The standard InChI is InChI=1S/C7H14BrNO3S/c1-5(2)13(10,11)9-7-4-12-3-6(7)8/h5-7,9H,3-4H2,1-2H3. The number of hydrogen-bond acceptors (Lipinski definition) is 3. The molecule has 2 atom stereocenters. The lowest BCUT2D eigenvalue weighted by Crippen LogP contribution is -2.43. The van der Waals surface area contributed by atoms with Crippen LogP contribution in [0.25, 0.3) is 0 Å². The van der Waals surface area contributed by atoms with E-state index < -0.39 is 15.3 Å². The monoisotopic (exact) mass is 271 g/mol. The van der Waals surface area contributed by atoms with Crippen LogP contribution in [-0.2, 0) is 14.8 Å². The van der Waals surface area contributed by atoms with E-state index in [1.807, 2.05) is 0 Å². The fourth-order valence-corrected chi connectivity index (χ4v) is 2.56. The van der Waals surface area contributed by atoms with Crippen LogP contribution in [0.5, 0.6) is 0 Å². The summed E-state index contributed by atoms with van der Waals surface area (Å²) in [7, 11) is -3.17. The Labute approximate surface area is 87.2 Å². The van der Waals surface area contributed by atoms with Gasteiger partial charge in [-0.2, -0.15) is 0 Å². The molecule has 0 aliphatic carbocycles. The van der Waals surface area contributed by atoms with E-state index >= 15 is 0 Å². The molecule has 1 heterocycles. The summed E-state index contributed by atoms with van der Waals surface area (Å²) in [5.74, 6) is 0. The van der Waals surface area contributed by atoms with Gasteiger partial charge in [0.15, 0.2) is 0 Å². The van der Waals surface area contributed by atoms with E-state index in [2.05, 4.69) is 20.7 Å². The molecule has 1 N–H and O–H groups in total. The number of alkyl halides is 1. The zero-order valence-electron chi connectivity index (χ0n) is 7.66. The van der Waals surface area contributed by atoms with Crippen molar-refractivity contribution in [3.63, 3.8) is 0 Å². The van der Waals surface area contributed by atoms with Gasteiger partial charge >= 0.3 is 0 Å². The van der Waals surface area contributed by atoms with Crippen molar-refractivity contribution in [1.82, 2.24) is 4.72 Å². The predicted octanol–water partition coefficient (Wildman–Crippen LogP) is 0.476. The Bertz CT molecular complexity index is 265. The first-order chi connectivity index (χ1) is 5.93. The van der Waals surface area contributed by atoms with Crippen LogP contribution in [0.15, 0.2) is 0 Å². The quantitative estimate of drug-likeness (QED) is 0.760. The third-order valence-electron chi connectivity index (χ3n) is 1.95. The second-order valence-electron chi connectivity index (χ2n) is 3.37. The van der Waals surface area contributed by atoms with Crippen LogP contribution >= 0.6 is 15.9 Å². The SMILES string of the molecule is CC(C)S(=O)(=O)NC1COCC1Br. The summed E-state index contributed by atoms with van der Waals surface area (Å²) in [4.78, 5) is 0.0843. The van der Waals surface area contributed by atoms with Crippen molar-refractivity contribution in [3.8, 4) is 0 Å². The van der Waals surface area contributed by atoms with Crippen molar-refractivity contribution in [2.24, 2.45) is 0 Å². The summed E-state index contributed by atoms with van der Waals surface area (Å²) in [6.45, 7) is 4.32. The summed E-state index contributed by atoms with van der Waals surface area (Å²) in [5, 5.41) is -0.396. The van der Waals surface area contributed by atoms with E-state index in [-0.39, 0.29) is 10.9 Å². The molecule has 0 radical (unpaired) electrons. The lowest BCUT2D eigenvalue weighted by molar-refractivity contribution is 0.193. The van der Waals surface area contributed by atoms with Crippen LogP contribution in [-0.4, -0.2) is 37.8 Å². The van der Waals surface area contributed by atoms with Crippen molar-refractivity contribution in [2.75, 3.05) is 13.2 Å². The maximum absolute atomic E-state index is 11.4. The molecule has 78 valence electrons. The van der Waals surface area contributed by atoms with Gasteiger partial charge in [-0.15, -0.1) is 0 Å². The van der Waals surface area contributed by atoms with E-state index in [1.54, 1.807) is 13.8 Å². The smallest absolute Gasteiger partial charge is 0.214 e. The summed E-state index contributed by atoms with van der Waals surface area (Å²) in [6, 6.07) is -0.132. The molecule has 1 saturated heterocycles. The number of rotatable bonds is 3. The average molecular weight is 272 g/mol. The van der Waals surface area contributed by atoms with E-state index in [9.17, 15) is 8.42 Å². The fourth-order valence-electron chi connectivity index (χ4n) is 0.983. The molecule has 1 aliphatic rings. The highest BCUT2D eigenvalue weighted by Gasteiger charge is 2.30. The highest BCUT2D eigenvalue weighted by atomic mass is 79.9. The number of sulfonamides is 1. The number of hydrogen-bond donors (Lipinski definition) is 1. The van der Waals surface area contributed by atoms with Gasteiger partial charge in [-0.05, 0) is 13.8 Å². The first kappa shape index (κ1) is 11.4. The van der Waals surface area contributed by atoms with Crippen molar-refractivity contribution < 1.29 is 13.2 Å². The molecule has 0 spiro atoms. The zero-order chi connectivity index (χ0) is 10.1. The second-order valence-corrected chi connectivity index (χ2v) is 6.82. The molecule has 6 heteroatoms. The van der Waals surface area contributed by atoms with Gasteiger partial charge < -0.3 is 4.74 Å². The summed E-state index contributed by atoms with van der Waals surface area (Å²) < 4.78 is 30.6. The molecule has 0 aromatic heterocycles. The van der Waals surface area contributed by atoms with Crippen LogP contribution in [0.4, 0.5) is 0 Å². The molecule has 4 nitrogen and oxygen atoms in total. The van der Waals surface area contributed by atoms with Crippen molar-refractivity contribution >= 4 is 26.0 Å². The molecular formula is C7H14BrNO3S. The minimum atomic E-state index is -3.17. The Hall–Kier alpha value is 0.350. The van der Waals surface area contributed by atoms with Gasteiger partial charge in [-0.3, -0.25) is 0 Å². The highest BCUT2D eigenvalue weighted by Crippen LogP contribution is 2.15. The number of ether oxygens (including phenoxy) is 1. The lowest BCUT2D eigenvalue weighted by Gasteiger charge is -2.16. The Morgan fingerprint density at radius 1 is 1.46 bits per heavy atom. The molecule has 0 aromatic rings. The minimum absolute atomic E-state index is 0.0843. The molecule has 1 fully saturated rings. The van der Waals surface area contributed by atoms with E-state index in [4.69, 9.17) is 4.74 Å². The number of nitrogens with one attached hydrogen (secondary N) is 1. The highest BCUT2D eigenvalue weighted by molar-refractivity contribution is 9.09. The van der Waals surface area contributed by atoms with Gasteiger partial charge in [0.1, 0.15) is 0 Å². The zero-order valence-corrected chi connectivity index (χ0v) is 10.1. The first-order valence-electron chi connectivity index (χ1n) is 4.16. The fraction of sp³-hybridized carbons (Fsp3) is 1.00. The maximum Gasteiger partial charge on any atom is 0.214 e. The van der Waals surface area contributed by atoms with Gasteiger partial charge in [0.2, 0.25) is 10.0 Å². The first-order valence-corrected chi connectivity index (χ1v) is 6.62. The van der Waals surface area contributed by atoms with E-state index in [1.165, 1.54) is 0 Å². The Morgan fingerprint density at radius 2 is 2.08 bits per heavy atom. The summed E-state index contributed by atoms with van der Waals surface area (Å²) in [5.41, 5.74) is 0. The molecule has 0 amide bonds. The van der Waals surface area contributed by atoms with Gasteiger partial charge in [-0.25, -0.2) is 13.1 Å². The molecule has 0 aromatic carbocycles. The van der Waals surface area contributed by atoms with Crippen molar-refractivity contribution in [3.05, 3.63) is 0 Å². The molecule has 2 unspecified atom stereocenters. The summed E-state index contributed by atoms with van der Waals surface area (Å²) in [6.07, 6.45) is 0. The van der Waals surface area contributed by atoms with Crippen LogP contribution in [0.1, 0.15) is 13.8 Å². The predicted molar refractivity (Wildman–Crippen MR) is 54.5 cm³/mol. The topological polar surface area (TPSA) is 55.4 Å². The molecule has 0 bridgehead atoms. The largest absolute Gasteiger partial charge is 0.379 e. The summed E-state index contributed by atoms with van der Waals surface area (Å²) >= 11 is 3.35. The lowest BCUT2D eigenvalue weighted by atomic mass is 10.3. The minimum Gasteiger partial charge on any atom is -0.379 e. The van der Waals surface area contributed by atoms with Crippen molar-refractivity contribution in [1.29, 1.82) is 0 Å². The van der Waals surface area contributed by atoms with Crippen LogP contribution < -0.4 is 4.72 Å². The van der Waals surface area contributed by atoms with E-state index in [0.717, 1.165) is 0 Å². The van der Waals surface area contributed by atoms with Crippen LogP contribution in [0.2, 0.25) is 0 Å². The van der Waals surface area contributed by atoms with E-state index in [0.29, 0.717) is 13.2 Å². The molecule has 1 rings (SSSR count). The Kier molecular flexibility index (Phi) is 3.73. The molecule has 13 heavy (non-hydrogen) atoms. The van der Waals surface area contributed by atoms with Gasteiger partial charge in [0.25, 0.3) is 0 Å².